The van der Waals surface area contributed by atoms with Crippen LogP contribution in [0.25, 0.3) is 0 Å². The van der Waals surface area contributed by atoms with Gasteiger partial charge in [-0.25, -0.2) is 0 Å². The molecule has 2 heteroatoms. The molecule has 4 atom stereocenters. The fourth-order valence-corrected chi connectivity index (χ4v) is 4.83. The average Bonchev–Trinajstić information content (AvgIpc) is 2.53. The lowest BCUT2D eigenvalue weighted by atomic mass is 9.79. The van der Waals surface area contributed by atoms with E-state index in [0.29, 0.717) is 11.5 Å². The summed E-state index contributed by atoms with van der Waals surface area (Å²) < 4.78 is 0. The Morgan fingerprint density at radius 3 is 2.39 bits per heavy atom. The third-order valence-electron chi connectivity index (χ3n) is 5.86. The number of likely N-dealkylation sites (tertiary alicyclic amines) is 1. The summed E-state index contributed by atoms with van der Waals surface area (Å²) in [4.78, 5) is 2.78. The Labute approximate surface area is 113 Å². The van der Waals surface area contributed by atoms with Crippen LogP contribution in [-0.2, 0) is 0 Å². The highest BCUT2D eigenvalue weighted by Gasteiger charge is 2.52. The molecule has 0 radical (unpaired) electrons. The van der Waals surface area contributed by atoms with Crippen molar-refractivity contribution in [3.05, 3.63) is 0 Å². The van der Waals surface area contributed by atoms with Crippen molar-refractivity contribution < 1.29 is 0 Å². The van der Waals surface area contributed by atoms with Crippen LogP contribution in [0, 0.1) is 17.3 Å². The predicted octanol–water partition coefficient (Wildman–Crippen LogP) is 3.26. The second-order valence-corrected chi connectivity index (χ2v) is 7.81. The van der Waals surface area contributed by atoms with E-state index < -0.39 is 0 Å². The highest BCUT2D eigenvalue weighted by atomic mass is 15.3. The van der Waals surface area contributed by atoms with E-state index in [0.717, 1.165) is 18.4 Å². The smallest absolute Gasteiger partial charge is 0.0365 e. The molecule has 1 saturated heterocycles. The largest absolute Gasteiger partial charge is 0.329 e. The van der Waals surface area contributed by atoms with Crippen molar-refractivity contribution in [1.29, 1.82) is 0 Å². The van der Waals surface area contributed by atoms with Crippen molar-refractivity contribution in [3.63, 3.8) is 0 Å². The van der Waals surface area contributed by atoms with Crippen LogP contribution in [0.2, 0.25) is 0 Å². The minimum atomic E-state index is 0.262. The van der Waals surface area contributed by atoms with E-state index in [1.54, 1.807) is 0 Å². The monoisotopic (exact) mass is 252 g/mol. The van der Waals surface area contributed by atoms with Gasteiger partial charge in [-0.3, -0.25) is 4.90 Å². The van der Waals surface area contributed by atoms with E-state index in [9.17, 15) is 0 Å². The Balaban J connectivity index is 2.27. The zero-order valence-corrected chi connectivity index (χ0v) is 13.0. The van der Waals surface area contributed by atoms with Gasteiger partial charge < -0.3 is 5.73 Å². The molecule has 2 nitrogen and oxygen atoms in total. The molecule has 106 valence electrons. The maximum atomic E-state index is 6.28. The van der Waals surface area contributed by atoms with Crippen molar-refractivity contribution >= 4 is 0 Å². The average molecular weight is 252 g/mol. The second kappa shape index (κ2) is 4.79. The van der Waals surface area contributed by atoms with Crippen LogP contribution >= 0.6 is 0 Å². The van der Waals surface area contributed by atoms with E-state index in [-0.39, 0.29) is 5.54 Å². The summed E-state index contributed by atoms with van der Waals surface area (Å²) >= 11 is 0. The Morgan fingerprint density at radius 2 is 1.89 bits per heavy atom. The van der Waals surface area contributed by atoms with Gasteiger partial charge in [-0.05, 0) is 56.4 Å². The molecular weight excluding hydrogens is 220 g/mol. The quantitative estimate of drug-likeness (QED) is 0.817. The first-order chi connectivity index (χ1) is 8.32. The van der Waals surface area contributed by atoms with Gasteiger partial charge in [-0.1, -0.05) is 27.7 Å². The number of rotatable bonds is 2. The first-order valence-electron chi connectivity index (χ1n) is 7.79. The number of hydrogen-bond acceptors (Lipinski definition) is 2. The lowest BCUT2D eigenvalue weighted by Crippen LogP contribution is -2.61. The normalized spacial score (nSPS) is 45.3. The van der Waals surface area contributed by atoms with Crippen LogP contribution in [0.3, 0.4) is 0 Å². The summed E-state index contributed by atoms with van der Waals surface area (Å²) in [6.45, 7) is 14.2. The van der Waals surface area contributed by atoms with Crippen molar-refractivity contribution in [1.82, 2.24) is 4.90 Å². The molecule has 0 spiro atoms. The van der Waals surface area contributed by atoms with Gasteiger partial charge in [0, 0.05) is 18.1 Å². The molecule has 0 amide bonds. The molecule has 1 heterocycles. The van der Waals surface area contributed by atoms with Crippen LogP contribution in [0.1, 0.15) is 60.3 Å². The SMILES string of the molecule is CC1CCCN(C2(CN)CC(C)(C)CC2C)C1C. The van der Waals surface area contributed by atoms with Gasteiger partial charge >= 0.3 is 0 Å². The van der Waals surface area contributed by atoms with Gasteiger partial charge in [0.25, 0.3) is 0 Å². The third kappa shape index (κ3) is 2.22. The van der Waals surface area contributed by atoms with Gasteiger partial charge in [0.2, 0.25) is 0 Å². The van der Waals surface area contributed by atoms with Gasteiger partial charge in [-0.2, -0.15) is 0 Å². The molecule has 1 aliphatic heterocycles. The van der Waals surface area contributed by atoms with Crippen LogP contribution in [0.4, 0.5) is 0 Å². The van der Waals surface area contributed by atoms with Crippen molar-refractivity contribution in [2.75, 3.05) is 13.1 Å². The van der Waals surface area contributed by atoms with E-state index in [1.165, 1.54) is 32.2 Å². The van der Waals surface area contributed by atoms with Gasteiger partial charge in [0.15, 0.2) is 0 Å². The Kier molecular flexibility index (Phi) is 3.81. The molecule has 4 unspecified atom stereocenters. The molecular formula is C16H32N2. The fraction of sp³-hybridized carbons (Fsp3) is 1.00. The zero-order valence-electron chi connectivity index (χ0n) is 13.0. The van der Waals surface area contributed by atoms with Crippen LogP contribution in [0.15, 0.2) is 0 Å². The third-order valence-corrected chi connectivity index (χ3v) is 5.86. The van der Waals surface area contributed by atoms with E-state index in [1.807, 2.05) is 0 Å². The number of nitrogens with zero attached hydrogens (tertiary/aromatic N) is 1. The second-order valence-electron chi connectivity index (χ2n) is 7.81. The van der Waals surface area contributed by atoms with Gasteiger partial charge in [0.1, 0.15) is 0 Å². The Morgan fingerprint density at radius 1 is 1.22 bits per heavy atom. The topological polar surface area (TPSA) is 29.3 Å². The Hall–Kier alpha value is -0.0800. The van der Waals surface area contributed by atoms with Crippen molar-refractivity contribution in [3.8, 4) is 0 Å². The molecule has 2 N–H and O–H groups in total. The molecule has 18 heavy (non-hydrogen) atoms. The zero-order chi connectivity index (χ0) is 13.6. The number of nitrogens with two attached hydrogens (primary N) is 1. The van der Waals surface area contributed by atoms with Crippen molar-refractivity contribution in [2.45, 2.75) is 71.9 Å². The minimum absolute atomic E-state index is 0.262. The molecule has 0 aromatic rings. The summed E-state index contributed by atoms with van der Waals surface area (Å²) in [6.07, 6.45) is 5.33. The first kappa shape index (κ1) is 14.3. The molecule has 1 aliphatic carbocycles. The van der Waals surface area contributed by atoms with E-state index >= 15 is 0 Å². The maximum absolute atomic E-state index is 6.28. The molecule has 2 fully saturated rings. The lowest BCUT2D eigenvalue weighted by molar-refractivity contribution is -0.0176. The number of hydrogen-bond donors (Lipinski definition) is 1. The molecule has 1 saturated carbocycles. The summed E-state index contributed by atoms with van der Waals surface area (Å²) in [6, 6.07) is 0.693. The minimum Gasteiger partial charge on any atom is -0.329 e. The number of piperidine rings is 1. The summed E-state index contributed by atoms with van der Waals surface area (Å²) in [7, 11) is 0. The van der Waals surface area contributed by atoms with E-state index in [2.05, 4.69) is 39.5 Å². The molecule has 0 aromatic heterocycles. The van der Waals surface area contributed by atoms with Crippen molar-refractivity contribution in [2.24, 2.45) is 23.0 Å². The fourth-order valence-electron chi connectivity index (χ4n) is 4.83. The molecule has 0 bridgehead atoms. The standard InChI is InChI=1S/C16H32N2/c1-12-7-6-8-18(14(12)3)16(11-17)10-15(4,5)9-13(16)2/h12-14H,6-11,17H2,1-5H3. The summed E-state index contributed by atoms with van der Waals surface area (Å²) in [5.74, 6) is 1.54. The summed E-state index contributed by atoms with van der Waals surface area (Å²) in [5, 5.41) is 0. The van der Waals surface area contributed by atoms with Gasteiger partial charge in [0.05, 0.1) is 0 Å². The molecule has 2 aliphatic rings. The van der Waals surface area contributed by atoms with Gasteiger partial charge in [-0.15, -0.1) is 0 Å². The highest BCUT2D eigenvalue weighted by molar-refractivity contribution is 5.08. The summed E-state index contributed by atoms with van der Waals surface area (Å²) in [5.41, 5.74) is 7.00. The van der Waals surface area contributed by atoms with E-state index in [4.69, 9.17) is 5.73 Å². The Bertz CT molecular complexity index is 299. The van der Waals surface area contributed by atoms with Crippen LogP contribution < -0.4 is 5.73 Å². The van der Waals surface area contributed by atoms with Crippen LogP contribution in [0.5, 0.6) is 0 Å². The molecule has 0 aromatic carbocycles. The first-order valence-corrected chi connectivity index (χ1v) is 7.79. The maximum Gasteiger partial charge on any atom is 0.0365 e. The van der Waals surface area contributed by atoms with Crippen LogP contribution in [-0.4, -0.2) is 29.6 Å². The predicted molar refractivity (Wildman–Crippen MR) is 78.5 cm³/mol. The lowest BCUT2D eigenvalue weighted by Gasteiger charge is -2.51. The molecule has 2 rings (SSSR count). The highest BCUT2D eigenvalue weighted by Crippen LogP contribution is 2.51.